The van der Waals surface area contributed by atoms with Gasteiger partial charge in [0, 0.05) is 25.9 Å². The standard InChI is InChI=1S/C16H18FN3O4S/c1-20(11-8-9-25(22,23)10-11)15(21)7-6-14-18-16(19-24-14)12-4-2-3-5-13(12)17/h2-5,11H,6-10H2,1H3. The number of hydrogen-bond acceptors (Lipinski definition) is 6. The lowest BCUT2D eigenvalue weighted by molar-refractivity contribution is -0.131. The number of sulfone groups is 1. The zero-order valence-corrected chi connectivity index (χ0v) is 14.5. The first-order valence-electron chi connectivity index (χ1n) is 7.89. The van der Waals surface area contributed by atoms with E-state index in [0.717, 1.165) is 0 Å². The average molecular weight is 367 g/mol. The van der Waals surface area contributed by atoms with Gasteiger partial charge >= 0.3 is 0 Å². The van der Waals surface area contributed by atoms with Crippen molar-refractivity contribution < 1.29 is 22.1 Å². The number of carbonyl (C=O) groups is 1. The zero-order valence-electron chi connectivity index (χ0n) is 13.7. The van der Waals surface area contributed by atoms with Gasteiger partial charge in [-0.15, -0.1) is 0 Å². The minimum absolute atomic E-state index is 0.00717. The van der Waals surface area contributed by atoms with Crippen molar-refractivity contribution in [3.63, 3.8) is 0 Å². The summed E-state index contributed by atoms with van der Waals surface area (Å²) in [6, 6.07) is 5.80. The number of aryl methyl sites for hydroxylation is 1. The maximum Gasteiger partial charge on any atom is 0.227 e. The summed E-state index contributed by atoms with van der Waals surface area (Å²) in [6.45, 7) is 0. The van der Waals surface area contributed by atoms with E-state index in [4.69, 9.17) is 4.52 Å². The van der Waals surface area contributed by atoms with Crippen molar-refractivity contribution in [3.8, 4) is 11.4 Å². The third-order valence-corrected chi connectivity index (χ3v) is 6.04. The van der Waals surface area contributed by atoms with Crippen LogP contribution in [0.4, 0.5) is 4.39 Å². The van der Waals surface area contributed by atoms with Crippen molar-refractivity contribution in [1.29, 1.82) is 0 Å². The quantitative estimate of drug-likeness (QED) is 0.794. The predicted molar refractivity (Wildman–Crippen MR) is 87.8 cm³/mol. The molecule has 1 aliphatic rings. The normalized spacial score (nSPS) is 19.0. The Labute approximate surface area is 144 Å². The monoisotopic (exact) mass is 367 g/mol. The summed E-state index contributed by atoms with van der Waals surface area (Å²) in [5.41, 5.74) is 0.233. The summed E-state index contributed by atoms with van der Waals surface area (Å²) in [5, 5.41) is 3.74. The van der Waals surface area contributed by atoms with E-state index in [2.05, 4.69) is 10.1 Å². The third kappa shape index (κ3) is 4.04. The summed E-state index contributed by atoms with van der Waals surface area (Å²) in [5.74, 6) is -0.145. The van der Waals surface area contributed by atoms with Gasteiger partial charge in [-0.05, 0) is 18.6 Å². The van der Waals surface area contributed by atoms with E-state index >= 15 is 0 Å². The van der Waals surface area contributed by atoms with Gasteiger partial charge < -0.3 is 9.42 Å². The van der Waals surface area contributed by atoms with Crippen molar-refractivity contribution in [2.75, 3.05) is 18.6 Å². The molecular formula is C16H18FN3O4S. The highest BCUT2D eigenvalue weighted by Gasteiger charge is 2.32. The summed E-state index contributed by atoms with van der Waals surface area (Å²) < 4.78 is 41.8. The molecular weight excluding hydrogens is 349 g/mol. The largest absolute Gasteiger partial charge is 0.342 e. The van der Waals surface area contributed by atoms with Crippen LogP contribution in [-0.4, -0.2) is 54.0 Å². The van der Waals surface area contributed by atoms with Gasteiger partial charge in [0.25, 0.3) is 0 Å². The van der Waals surface area contributed by atoms with Crippen molar-refractivity contribution >= 4 is 15.7 Å². The van der Waals surface area contributed by atoms with E-state index in [1.54, 1.807) is 25.2 Å². The van der Waals surface area contributed by atoms with Crippen LogP contribution in [0.3, 0.4) is 0 Å². The van der Waals surface area contributed by atoms with E-state index in [-0.39, 0.29) is 53.6 Å². The maximum absolute atomic E-state index is 13.7. The molecule has 25 heavy (non-hydrogen) atoms. The molecule has 7 nitrogen and oxygen atoms in total. The van der Waals surface area contributed by atoms with Crippen LogP contribution in [0.25, 0.3) is 11.4 Å². The van der Waals surface area contributed by atoms with E-state index in [9.17, 15) is 17.6 Å². The van der Waals surface area contributed by atoms with Crippen LogP contribution < -0.4 is 0 Å². The molecule has 2 heterocycles. The summed E-state index contributed by atoms with van der Waals surface area (Å²) in [6.07, 6.45) is 0.790. The number of benzene rings is 1. The Morgan fingerprint density at radius 2 is 2.16 bits per heavy atom. The van der Waals surface area contributed by atoms with E-state index in [1.165, 1.54) is 11.0 Å². The first-order chi connectivity index (χ1) is 11.9. The molecule has 0 N–H and O–H groups in total. The minimum atomic E-state index is -3.04. The minimum Gasteiger partial charge on any atom is -0.342 e. The second kappa shape index (κ2) is 6.91. The Morgan fingerprint density at radius 1 is 1.40 bits per heavy atom. The van der Waals surface area contributed by atoms with E-state index in [1.807, 2.05) is 0 Å². The molecule has 0 bridgehead atoms. The first kappa shape index (κ1) is 17.5. The Bertz CT molecular complexity index is 881. The number of nitrogens with zero attached hydrogens (tertiary/aromatic N) is 3. The zero-order chi connectivity index (χ0) is 18.0. The molecule has 0 saturated carbocycles. The fourth-order valence-corrected chi connectivity index (χ4v) is 4.56. The maximum atomic E-state index is 13.7. The highest BCUT2D eigenvalue weighted by atomic mass is 32.2. The Kier molecular flexibility index (Phi) is 4.85. The number of hydrogen-bond donors (Lipinski definition) is 0. The molecule has 1 aliphatic heterocycles. The molecule has 1 unspecified atom stereocenters. The molecule has 1 aromatic heterocycles. The first-order valence-corrected chi connectivity index (χ1v) is 9.71. The van der Waals surface area contributed by atoms with Gasteiger partial charge in [0.2, 0.25) is 17.6 Å². The van der Waals surface area contributed by atoms with Gasteiger partial charge in [-0.1, -0.05) is 17.3 Å². The Hall–Kier alpha value is -2.29. The van der Waals surface area contributed by atoms with Crippen molar-refractivity contribution in [2.45, 2.75) is 25.3 Å². The average Bonchev–Trinajstić information content (AvgIpc) is 3.18. The van der Waals surface area contributed by atoms with Gasteiger partial charge in [0.1, 0.15) is 5.82 Å². The lowest BCUT2D eigenvalue weighted by Crippen LogP contribution is -2.37. The number of rotatable bonds is 5. The Morgan fingerprint density at radius 3 is 2.84 bits per heavy atom. The van der Waals surface area contributed by atoms with Crippen LogP contribution in [0.5, 0.6) is 0 Å². The molecule has 134 valence electrons. The highest BCUT2D eigenvalue weighted by molar-refractivity contribution is 7.91. The number of halogens is 1. The second-order valence-electron chi connectivity index (χ2n) is 6.05. The topological polar surface area (TPSA) is 93.4 Å². The van der Waals surface area contributed by atoms with Gasteiger partial charge in [-0.3, -0.25) is 4.79 Å². The SMILES string of the molecule is CN(C(=O)CCc1nc(-c2ccccc2F)no1)C1CCS(=O)(=O)C1. The molecule has 1 fully saturated rings. The van der Waals surface area contributed by atoms with Gasteiger partial charge in [-0.2, -0.15) is 4.98 Å². The molecule has 0 spiro atoms. The van der Waals surface area contributed by atoms with Crippen LogP contribution in [0, 0.1) is 5.82 Å². The molecule has 1 saturated heterocycles. The van der Waals surface area contributed by atoms with E-state index in [0.29, 0.717) is 6.42 Å². The van der Waals surface area contributed by atoms with Crippen molar-refractivity contribution in [2.24, 2.45) is 0 Å². The molecule has 0 radical (unpaired) electrons. The molecule has 1 amide bonds. The predicted octanol–water partition coefficient (Wildman–Crippen LogP) is 1.45. The molecule has 3 rings (SSSR count). The summed E-state index contributed by atoms with van der Waals surface area (Å²) >= 11 is 0. The van der Waals surface area contributed by atoms with Gasteiger partial charge in [-0.25, -0.2) is 12.8 Å². The Balaban J connectivity index is 1.59. The smallest absolute Gasteiger partial charge is 0.227 e. The fraction of sp³-hybridized carbons (Fsp3) is 0.438. The fourth-order valence-electron chi connectivity index (χ4n) is 2.78. The van der Waals surface area contributed by atoms with Crippen molar-refractivity contribution in [3.05, 3.63) is 36.0 Å². The van der Waals surface area contributed by atoms with Crippen LogP contribution >= 0.6 is 0 Å². The van der Waals surface area contributed by atoms with Crippen LogP contribution in [0.15, 0.2) is 28.8 Å². The lowest BCUT2D eigenvalue weighted by atomic mass is 10.2. The molecule has 2 aromatic rings. The van der Waals surface area contributed by atoms with Gasteiger partial charge in [0.05, 0.1) is 17.1 Å². The number of amides is 1. The molecule has 1 aromatic carbocycles. The van der Waals surface area contributed by atoms with Crippen LogP contribution in [-0.2, 0) is 21.1 Å². The summed E-state index contributed by atoms with van der Waals surface area (Å²) in [7, 11) is -1.44. The lowest BCUT2D eigenvalue weighted by Gasteiger charge is -2.23. The highest BCUT2D eigenvalue weighted by Crippen LogP contribution is 2.20. The third-order valence-electron chi connectivity index (χ3n) is 4.29. The molecule has 9 heteroatoms. The van der Waals surface area contributed by atoms with Crippen LogP contribution in [0.1, 0.15) is 18.7 Å². The molecule has 0 aliphatic carbocycles. The van der Waals surface area contributed by atoms with Crippen molar-refractivity contribution in [1.82, 2.24) is 15.0 Å². The molecule has 1 atom stereocenters. The van der Waals surface area contributed by atoms with Crippen LogP contribution in [0.2, 0.25) is 0 Å². The number of aromatic nitrogens is 2. The van der Waals surface area contributed by atoms with E-state index < -0.39 is 15.7 Å². The summed E-state index contributed by atoms with van der Waals surface area (Å²) in [4.78, 5) is 17.8. The van der Waals surface area contributed by atoms with Gasteiger partial charge in [0.15, 0.2) is 9.84 Å². The number of carbonyl (C=O) groups excluding carboxylic acids is 1. The second-order valence-corrected chi connectivity index (χ2v) is 8.28.